The van der Waals surface area contributed by atoms with Crippen molar-refractivity contribution in [2.75, 3.05) is 10.2 Å². The maximum Gasteiger partial charge on any atom is 0.256 e. The molecule has 1 saturated heterocycles. The Labute approximate surface area is 146 Å². The molecule has 1 aliphatic rings. The van der Waals surface area contributed by atoms with E-state index >= 15 is 0 Å². The van der Waals surface area contributed by atoms with Gasteiger partial charge in [-0.1, -0.05) is 36.7 Å². The van der Waals surface area contributed by atoms with Gasteiger partial charge in [0, 0.05) is 10.7 Å². The molecule has 3 rings (SSSR count). The molecule has 0 bridgehead atoms. The Kier molecular flexibility index (Phi) is 4.58. The summed E-state index contributed by atoms with van der Waals surface area (Å²) in [7, 11) is 0. The van der Waals surface area contributed by atoms with Crippen LogP contribution in [0.2, 0.25) is 5.02 Å². The fourth-order valence-electron chi connectivity index (χ4n) is 2.87. The van der Waals surface area contributed by atoms with Gasteiger partial charge in [0.1, 0.15) is 6.04 Å². The van der Waals surface area contributed by atoms with Crippen LogP contribution in [0.15, 0.2) is 42.5 Å². The van der Waals surface area contributed by atoms with Gasteiger partial charge in [0.25, 0.3) is 5.91 Å². The molecule has 0 unspecified atom stereocenters. The van der Waals surface area contributed by atoms with Gasteiger partial charge in [-0.2, -0.15) is 0 Å². The molecule has 0 aromatic heterocycles. The summed E-state index contributed by atoms with van der Waals surface area (Å²) in [5.74, 6) is -0.460. The van der Waals surface area contributed by atoms with E-state index in [2.05, 4.69) is 12.2 Å². The van der Waals surface area contributed by atoms with E-state index < -0.39 is 6.04 Å². The first kappa shape index (κ1) is 16.5. The number of carbonyl (C=O) groups is 2. The third-order valence-electron chi connectivity index (χ3n) is 4.33. The molecule has 5 heteroatoms. The van der Waals surface area contributed by atoms with Crippen molar-refractivity contribution in [1.29, 1.82) is 0 Å². The van der Waals surface area contributed by atoms with E-state index in [1.54, 1.807) is 18.2 Å². The summed E-state index contributed by atoms with van der Waals surface area (Å²) in [5, 5.41) is 3.70. The number of aryl methyl sites for hydroxylation is 1. The third-order valence-corrected chi connectivity index (χ3v) is 4.74. The van der Waals surface area contributed by atoms with Crippen LogP contribution in [0, 0.1) is 6.92 Å². The van der Waals surface area contributed by atoms with Gasteiger partial charge in [0.15, 0.2) is 0 Å². The first-order chi connectivity index (χ1) is 11.5. The second kappa shape index (κ2) is 6.65. The number of hydrogen-bond donors (Lipinski definition) is 1. The molecule has 124 valence electrons. The number of hydrogen-bond acceptors (Lipinski definition) is 3. The van der Waals surface area contributed by atoms with Gasteiger partial charge in [-0.3, -0.25) is 9.59 Å². The topological polar surface area (TPSA) is 49.4 Å². The Bertz CT molecular complexity index is 786. The highest BCUT2D eigenvalue weighted by molar-refractivity contribution is 6.32. The van der Waals surface area contributed by atoms with Gasteiger partial charge in [-0.05, 0) is 48.7 Å². The van der Waals surface area contributed by atoms with Crippen LogP contribution < -0.4 is 10.2 Å². The van der Waals surface area contributed by atoms with E-state index in [0.29, 0.717) is 10.7 Å². The van der Waals surface area contributed by atoms with Gasteiger partial charge in [0.05, 0.1) is 12.1 Å². The Hall–Kier alpha value is -2.33. The lowest BCUT2D eigenvalue weighted by molar-refractivity contribution is -0.121. The summed E-state index contributed by atoms with van der Waals surface area (Å²) in [5.41, 5.74) is 3.35. The molecular formula is C19H19ClN2O2. The molecule has 0 spiro atoms. The van der Waals surface area contributed by atoms with E-state index in [0.717, 1.165) is 17.7 Å². The molecule has 0 saturated carbocycles. The van der Waals surface area contributed by atoms with Crippen molar-refractivity contribution >= 4 is 34.8 Å². The smallest absolute Gasteiger partial charge is 0.256 e. The minimum atomic E-state index is -0.552. The molecular weight excluding hydrogens is 324 g/mol. The molecule has 4 nitrogen and oxygen atoms in total. The Morgan fingerprint density at radius 1 is 1.17 bits per heavy atom. The van der Waals surface area contributed by atoms with Crippen LogP contribution >= 0.6 is 11.6 Å². The van der Waals surface area contributed by atoms with Crippen molar-refractivity contribution in [3.8, 4) is 0 Å². The first-order valence-corrected chi connectivity index (χ1v) is 8.36. The number of imide groups is 1. The number of nitrogens with zero attached hydrogens (tertiary/aromatic N) is 1. The van der Waals surface area contributed by atoms with Crippen LogP contribution in [0.3, 0.4) is 0 Å². The molecule has 1 heterocycles. The highest BCUT2D eigenvalue weighted by Gasteiger charge is 2.40. The summed E-state index contributed by atoms with van der Waals surface area (Å²) < 4.78 is 0. The minimum absolute atomic E-state index is 0.139. The lowest BCUT2D eigenvalue weighted by Gasteiger charge is -2.18. The van der Waals surface area contributed by atoms with Crippen LogP contribution in [0.1, 0.15) is 24.5 Å². The van der Waals surface area contributed by atoms with E-state index in [9.17, 15) is 9.59 Å². The SMILES string of the molecule is CCc1ccc(N[C@H]2CC(=O)N(c3cccc(Cl)c3C)C2=O)cc1. The number of benzene rings is 2. The molecule has 1 fully saturated rings. The van der Waals surface area contributed by atoms with Crippen LogP contribution in [0.4, 0.5) is 11.4 Å². The number of halogens is 1. The fourth-order valence-corrected chi connectivity index (χ4v) is 3.04. The van der Waals surface area contributed by atoms with Crippen molar-refractivity contribution in [2.45, 2.75) is 32.7 Å². The number of anilines is 2. The normalized spacial score (nSPS) is 17.5. The van der Waals surface area contributed by atoms with E-state index in [4.69, 9.17) is 11.6 Å². The lowest BCUT2D eigenvalue weighted by atomic mass is 10.1. The van der Waals surface area contributed by atoms with Crippen molar-refractivity contribution in [1.82, 2.24) is 0 Å². The van der Waals surface area contributed by atoms with Gasteiger partial charge in [-0.15, -0.1) is 0 Å². The van der Waals surface area contributed by atoms with Gasteiger partial charge < -0.3 is 5.32 Å². The van der Waals surface area contributed by atoms with Gasteiger partial charge >= 0.3 is 0 Å². The summed E-state index contributed by atoms with van der Waals surface area (Å²) in [6.45, 7) is 3.90. The molecule has 1 N–H and O–H groups in total. The van der Waals surface area contributed by atoms with E-state index in [-0.39, 0.29) is 18.2 Å². The third kappa shape index (κ3) is 3.02. The quantitative estimate of drug-likeness (QED) is 0.856. The fraction of sp³-hybridized carbons (Fsp3) is 0.263. The van der Waals surface area contributed by atoms with Crippen LogP contribution in [-0.4, -0.2) is 17.9 Å². The molecule has 1 atom stereocenters. The standard InChI is InChI=1S/C19H19ClN2O2/c1-3-13-7-9-14(10-8-13)21-16-11-18(23)22(19(16)24)17-6-4-5-15(20)12(17)2/h4-10,16,21H,3,11H2,1-2H3/t16-/m0/s1. The van der Waals surface area contributed by atoms with Crippen LogP contribution in [-0.2, 0) is 16.0 Å². The van der Waals surface area contributed by atoms with Crippen LogP contribution in [0.25, 0.3) is 0 Å². The monoisotopic (exact) mass is 342 g/mol. The number of carbonyl (C=O) groups excluding carboxylic acids is 2. The molecule has 24 heavy (non-hydrogen) atoms. The summed E-state index contributed by atoms with van der Waals surface area (Å²) in [6.07, 6.45) is 1.10. The van der Waals surface area contributed by atoms with Crippen molar-refractivity contribution in [3.63, 3.8) is 0 Å². The summed E-state index contributed by atoms with van der Waals surface area (Å²) >= 11 is 6.12. The van der Waals surface area contributed by atoms with Crippen LogP contribution in [0.5, 0.6) is 0 Å². The van der Waals surface area contributed by atoms with Crippen molar-refractivity contribution < 1.29 is 9.59 Å². The Balaban J connectivity index is 1.82. The second-order valence-corrected chi connectivity index (χ2v) is 6.31. The minimum Gasteiger partial charge on any atom is -0.373 e. The zero-order valence-electron chi connectivity index (χ0n) is 13.7. The van der Waals surface area contributed by atoms with E-state index in [1.165, 1.54) is 10.5 Å². The lowest BCUT2D eigenvalue weighted by Crippen LogP contribution is -2.35. The average Bonchev–Trinajstić information content (AvgIpc) is 2.85. The molecule has 2 aromatic carbocycles. The maximum atomic E-state index is 12.7. The predicted molar refractivity (Wildman–Crippen MR) is 96.5 cm³/mol. The Morgan fingerprint density at radius 3 is 2.54 bits per heavy atom. The largest absolute Gasteiger partial charge is 0.373 e. The summed E-state index contributed by atoms with van der Waals surface area (Å²) in [6, 6.07) is 12.6. The second-order valence-electron chi connectivity index (χ2n) is 5.90. The average molecular weight is 343 g/mol. The predicted octanol–water partition coefficient (Wildman–Crippen LogP) is 3.95. The van der Waals surface area contributed by atoms with Gasteiger partial charge in [-0.25, -0.2) is 4.90 Å². The van der Waals surface area contributed by atoms with Crippen molar-refractivity contribution in [2.24, 2.45) is 0 Å². The highest BCUT2D eigenvalue weighted by atomic mass is 35.5. The molecule has 1 aliphatic heterocycles. The first-order valence-electron chi connectivity index (χ1n) is 7.98. The number of rotatable bonds is 4. The van der Waals surface area contributed by atoms with E-state index in [1.807, 2.05) is 31.2 Å². The summed E-state index contributed by atoms with van der Waals surface area (Å²) in [4.78, 5) is 26.3. The van der Waals surface area contributed by atoms with Crippen molar-refractivity contribution in [3.05, 3.63) is 58.6 Å². The molecule has 2 aromatic rings. The zero-order chi connectivity index (χ0) is 17.3. The molecule has 0 radical (unpaired) electrons. The Morgan fingerprint density at radius 2 is 1.88 bits per heavy atom. The van der Waals surface area contributed by atoms with Gasteiger partial charge in [0.2, 0.25) is 5.91 Å². The molecule has 2 amide bonds. The number of amides is 2. The molecule has 0 aliphatic carbocycles. The maximum absolute atomic E-state index is 12.7. The zero-order valence-corrected chi connectivity index (χ0v) is 14.4. The highest BCUT2D eigenvalue weighted by Crippen LogP contribution is 2.31. The number of nitrogens with one attached hydrogen (secondary N) is 1.